The van der Waals surface area contributed by atoms with E-state index in [0.717, 1.165) is 31.0 Å². The van der Waals surface area contributed by atoms with Crippen molar-refractivity contribution in [3.63, 3.8) is 0 Å². The van der Waals surface area contributed by atoms with E-state index in [1.54, 1.807) is 4.90 Å². The maximum absolute atomic E-state index is 11.5. The summed E-state index contributed by atoms with van der Waals surface area (Å²) >= 11 is 0. The number of nitrogens with zero attached hydrogens (tertiary/aromatic N) is 1. The molecule has 0 unspecified atom stereocenters. The van der Waals surface area contributed by atoms with E-state index in [-0.39, 0.29) is 6.03 Å². The Bertz CT molecular complexity index is 389. The van der Waals surface area contributed by atoms with Crippen molar-refractivity contribution in [1.82, 2.24) is 5.32 Å². The number of unbranched alkanes of at least 4 members (excludes halogenated alkanes) is 2. The number of anilines is 2. The van der Waals surface area contributed by atoms with Crippen molar-refractivity contribution in [2.45, 2.75) is 26.2 Å². The molecule has 1 saturated heterocycles. The summed E-state index contributed by atoms with van der Waals surface area (Å²) in [5.41, 5.74) is 2.08. The van der Waals surface area contributed by atoms with Crippen LogP contribution in [0.4, 0.5) is 16.2 Å². The largest absolute Gasteiger partial charge is 0.385 e. The van der Waals surface area contributed by atoms with Gasteiger partial charge >= 0.3 is 6.03 Å². The molecule has 0 bridgehead atoms. The maximum Gasteiger partial charge on any atom is 0.321 e. The van der Waals surface area contributed by atoms with Crippen molar-refractivity contribution < 1.29 is 4.79 Å². The second kappa shape index (κ2) is 6.28. The van der Waals surface area contributed by atoms with Crippen LogP contribution in [0.25, 0.3) is 0 Å². The van der Waals surface area contributed by atoms with Gasteiger partial charge in [-0.1, -0.05) is 19.8 Å². The molecule has 2 amide bonds. The predicted molar refractivity (Wildman–Crippen MR) is 75.2 cm³/mol. The average molecular weight is 247 g/mol. The molecular weight excluding hydrogens is 226 g/mol. The Morgan fingerprint density at radius 2 is 2.06 bits per heavy atom. The van der Waals surface area contributed by atoms with Crippen LogP contribution in [0, 0.1) is 0 Å². The van der Waals surface area contributed by atoms with Crippen LogP contribution >= 0.6 is 0 Å². The molecular formula is C14H21N3O. The van der Waals surface area contributed by atoms with E-state index in [1.807, 2.05) is 24.3 Å². The van der Waals surface area contributed by atoms with Crippen molar-refractivity contribution in [2.24, 2.45) is 0 Å². The SMILES string of the molecule is CCCCCNc1ccc(N2CCNC2=O)cc1. The molecule has 2 rings (SSSR count). The van der Waals surface area contributed by atoms with Gasteiger partial charge in [-0.15, -0.1) is 0 Å². The van der Waals surface area contributed by atoms with E-state index >= 15 is 0 Å². The summed E-state index contributed by atoms with van der Waals surface area (Å²) in [5, 5.41) is 6.19. The molecule has 1 aliphatic heterocycles. The molecule has 18 heavy (non-hydrogen) atoms. The Kier molecular flexibility index (Phi) is 4.45. The highest BCUT2D eigenvalue weighted by Gasteiger charge is 2.20. The van der Waals surface area contributed by atoms with Gasteiger partial charge in [-0.05, 0) is 30.7 Å². The highest BCUT2D eigenvalue weighted by Crippen LogP contribution is 2.19. The van der Waals surface area contributed by atoms with Gasteiger partial charge in [-0.2, -0.15) is 0 Å². The molecule has 0 saturated carbocycles. The summed E-state index contributed by atoms with van der Waals surface area (Å²) in [6.07, 6.45) is 3.70. The molecule has 98 valence electrons. The number of carbonyl (C=O) groups is 1. The fourth-order valence-electron chi connectivity index (χ4n) is 2.08. The Morgan fingerprint density at radius 3 is 2.67 bits per heavy atom. The van der Waals surface area contributed by atoms with Crippen molar-refractivity contribution in [3.05, 3.63) is 24.3 Å². The van der Waals surface area contributed by atoms with Gasteiger partial charge in [0, 0.05) is 31.0 Å². The van der Waals surface area contributed by atoms with E-state index in [2.05, 4.69) is 17.6 Å². The van der Waals surface area contributed by atoms with Gasteiger partial charge in [-0.25, -0.2) is 4.79 Å². The first-order chi connectivity index (χ1) is 8.81. The fraction of sp³-hybridized carbons (Fsp3) is 0.500. The molecule has 1 fully saturated rings. The van der Waals surface area contributed by atoms with Gasteiger partial charge in [0.15, 0.2) is 0 Å². The molecule has 0 aromatic heterocycles. The normalized spacial score (nSPS) is 14.7. The zero-order valence-corrected chi connectivity index (χ0v) is 10.9. The van der Waals surface area contributed by atoms with Crippen LogP contribution < -0.4 is 15.5 Å². The van der Waals surface area contributed by atoms with E-state index in [0.29, 0.717) is 0 Å². The van der Waals surface area contributed by atoms with Gasteiger partial charge < -0.3 is 10.6 Å². The van der Waals surface area contributed by atoms with Crippen LogP contribution in [-0.4, -0.2) is 25.7 Å². The van der Waals surface area contributed by atoms with Crippen LogP contribution in [0.2, 0.25) is 0 Å². The monoisotopic (exact) mass is 247 g/mol. The molecule has 1 aliphatic rings. The molecule has 1 aromatic carbocycles. The molecule has 2 N–H and O–H groups in total. The topological polar surface area (TPSA) is 44.4 Å². The van der Waals surface area contributed by atoms with Crippen molar-refractivity contribution in [3.8, 4) is 0 Å². The molecule has 4 nitrogen and oxygen atoms in total. The van der Waals surface area contributed by atoms with Crippen LogP contribution in [0.15, 0.2) is 24.3 Å². The smallest absolute Gasteiger partial charge is 0.321 e. The first-order valence-corrected chi connectivity index (χ1v) is 6.70. The van der Waals surface area contributed by atoms with Gasteiger partial charge in [0.25, 0.3) is 0 Å². The van der Waals surface area contributed by atoms with Crippen LogP contribution in [0.5, 0.6) is 0 Å². The van der Waals surface area contributed by atoms with Crippen LogP contribution in [-0.2, 0) is 0 Å². The molecule has 0 spiro atoms. The van der Waals surface area contributed by atoms with E-state index in [4.69, 9.17) is 0 Å². The highest BCUT2D eigenvalue weighted by atomic mass is 16.2. The second-order valence-electron chi connectivity index (χ2n) is 4.56. The zero-order valence-electron chi connectivity index (χ0n) is 10.9. The highest BCUT2D eigenvalue weighted by molar-refractivity contribution is 5.94. The quantitative estimate of drug-likeness (QED) is 0.759. The lowest BCUT2D eigenvalue weighted by Gasteiger charge is -2.15. The summed E-state index contributed by atoms with van der Waals surface area (Å²) in [7, 11) is 0. The molecule has 0 aliphatic carbocycles. The van der Waals surface area contributed by atoms with Crippen LogP contribution in [0.3, 0.4) is 0 Å². The second-order valence-corrected chi connectivity index (χ2v) is 4.56. The first-order valence-electron chi connectivity index (χ1n) is 6.70. The number of nitrogens with one attached hydrogen (secondary N) is 2. The summed E-state index contributed by atoms with van der Waals surface area (Å²) < 4.78 is 0. The Hall–Kier alpha value is -1.71. The van der Waals surface area contributed by atoms with E-state index < -0.39 is 0 Å². The summed E-state index contributed by atoms with van der Waals surface area (Å²) in [5.74, 6) is 0. The van der Waals surface area contributed by atoms with E-state index in [9.17, 15) is 4.79 Å². The summed E-state index contributed by atoms with van der Waals surface area (Å²) in [6.45, 7) is 4.70. The third-order valence-electron chi connectivity index (χ3n) is 3.15. The van der Waals surface area contributed by atoms with Crippen molar-refractivity contribution >= 4 is 17.4 Å². The van der Waals surface area contributed by atoms with Crippen molar-refractivity contribution in [1.29, 1.82) is 0 Å². The molecule has 1 heterocycles. The number of benzene rings is 1. The zero-order chi connectivity index (χ0) is 12.8. The number of urea groups is 1. The minimum absolute atomic E-state index is 0.00125. The van der Waals surface area contributed by atoms with Crippen LogP contribution in [0.1, 0.15) is 26.2 Å². The minimum atomic E-state index is -0.00125. The molecule has 0 atom stereocenters. The van der Waals surface area contributed by atoms with E-state index in [1.165, 1.54) is 19.3 Å². The van der Waals surface area contributed by atoms with Gasteiger partial charge in [0.2, 0.25) is 0 Å². The van der Waals surface area contributed by atoms with Gasteiger partial charge in [-0.3, -0.25) is 4.90 Å². The Balaban J connectivity index is 1.87. The maximum atomic E-state index is 11.5. The number of carbonyl (C=O) groups excluding carboxylic acids is 1. The summed E-state index contributed by atoms with van der Waals surface area (Å²) in [6, 6.07) is 8.05. The predicted octanol–water partition coefficient (Wildman–Crippen LogP) is 2.82. The number of amides is 2. The standard InChI is InChI=1S/C14H21N3O/c1-2-3-4-9-15-12-5-7-13(8-6-12)17-11-10-16-14(17)18/h5-8,15H,2-4,9-11H2,1H3,(H,16,18). The lowest BCUT2D eigenvalue weighted by Crippen LogP contribution is -2.27. The number of hydrogen-bond acceptors (Lipinski definition) is 2. The fourth-order valence-corrected chi connectivity index (χ4v) is 2.08. The van der Waals surface area contributed by atoms with Gasteiger partial charge in [0.1, 0.15) is 0 Å². The number of rotatable bonds is 6. The molecule has 0 radical (unpaired) electrons. The lowest BCUT2D eigenvalue weighted by molar-refractivity contribution is 0.252. The lowest BCUT2D eigenvalue weighted by atomic mass is 10.2. The minimum Gasteiger partial charge on any atom is -0.385 e. The third-order valence-corrected chi connectivity index (χ3v) is 3.15. The first kappa shape index (κ1) is 12.7. The average Bonchev–Trinajstić information content (AvgIpc) is 2.82. The summed E-state index contributed by atoms with van der Waals surface area (Å²) in [4.78, 5) is 13.3. The number of hydrogen-bond donors (Lipinski definition) is 2. The Morgan fingerprint density at radius 1 is 1.28 bits per heavy atom. The Labute approximate surface area is 108 Å². The molecule has 1 aromatic rings. The molecule has 4 heteroatoms. The van der Waals surface area contributed by atoms with Gasteiger partial charge in [0.05, 0.1) is 0 Å². The van der Waals surface area contributed by atoms with Crippen molar-refractivity contribution in [2.75, 3.05) is 29.9 Å². The third kappa shape index (κ3) is 3.15.